The van der Waals surface area contributed by atoms with Gasteiger partial charge in [0.1, 0.15) is 33.8 Å². The monoisotopic (exact) mass is 1190 g/mol. The van der Waals surface area contributed by atoms with Crippen molar-refractivity contribution in [3.63, 3.8) is 0 Å². The third kappa shape index (κ3) is 14.6. The average Bonchev–Trinajstić information content (AvgIpc) is 3.53. The zero-order chi connectivity index (χ0) is 56.4. The number of aromatic nitrogens is 3. The normalized spacial score (nSPS) is 11.6. The lowest BCUT2D eigenvalue weighted by Crippen LogP contribution is -2.18. The lowest BCUT2D eigenvalue weighted by Gasteiger charge is -2.17. The molecule has 12 aromatic rings. The van der Waals surface area contributed by atoms with Crippen molar-refractivity contribution in [2.45, 2.75) is 40.6 Å². The Labute approximate surface area is 497 Å². The summed E-state index contributed by atoms with van der Waals surface area (Å²) in [7, 11) is 0. The molecule has 3 unspecified atom stereocenters. The fraction of sp³-hybridized carbons (Fsp3) is 0.0909. The van der Waals surface area contributed by atoms with Gasteiger partial charge in [-0.05, 0) is 91.0 Å². The number of fused-ring (bicyclic) bond motifs is 3. The molecule has 18 heteroatoms. The van der Waals surface area contributed by atoms with Crippen LogP contribution in [-0.4, -0.2) is 48.2 Å². The molecule has 0 saturated carbocycles. The number of carboxylic acids is 3. The highest BCUT2D eigenvalue weighted by Crippen LogP contribution is 2.40. The summed E-state index contributed by atoms with van der Waals surface area (Å²) in [6.07, 6.45) is -3.51. The highest BCUT2D eigenvalue weighted by molar-refractivity contribution is 6.31. The van der Waals surface area contributed by atoms with Crippen LogP contribution in [0.25, 0.3) is 67.7 Å². The summed E-state index contributed by atoms with van der Waals surface area (Å²) in [4.78, 5) is 48.7. The minimum absolute atomic E-state index is 0. The Balaban J connectivity index is 0.000000178. The van der Waals surface area contributed by atoms with Crippen LogP contribution in [0.2, 0.25) is 15.1 Å². The van der Waals surface area contributed by atoms with Crippen molar-refractivity contribution in [2.75, 3.05) is 0 Å². The van der Waals surface area contributed by atoms with Crippen LogP contribution in [0, 0.1) is 0 Å². The van der Waals surface area contributed by atoms with E-state index in [0.717, 1.165) is 0 Å². The molecular formula is C66H54Cl3N3O12. The Morgan fingerprint density at radius 3 is 0.821 bits per heavy atom. The lowest BCUT2D eigenvalue weighted by molar-refractivity contribution is -0.146. The SMILES string of the molecule is C.C.C.O=C(O)C(Oc1ccc(Cl)cc1-c1nc2ccccc2o1)c1ccccc1.O=C(O)C(Oc1ccc(Cl)cc1-c1nc2ccccc2o1)c1ccccc1.O=C(O)C(Oc1ccc(Cl)cc1-c1nc2ccccc2o1)c1ccccc1. The van der Waals surface area contributed by atoms with E-state index in [9.17, 15) is 29.7 Å². The number of ether oxygens (including phenoxy) is 3. The molecule has 0 radical (unpaired) electrons. The van der Waals surface area contributed by atoms with E-state index in [2.05, 4.69) is 15.0 Å². The quantitative estimate of drug-likeness (QED) is 0.0869. The summed E-state index contributed by atoms with van der Waals surface area (Å²) in [5, 5.41) is 30.3. The molecule has 0 aliphatic carbocycles. The first kappa shape index (κ1) is 61.7. The Morgan fingerprint density at radius 2 is 0.583 bits per heavy atom. The van der Waals surface area contributed by atoms with Gasteiger partial charge in [0.25, 0.3) is 0 Å². The number of hydrogen-bond acceptors (Lipinski definition) is 12. The fourth-order valence-electron chi connectivity index (χ4n) is 8.33. The molecule has 3 atom stereocenters. The van der Waals surface area contributed by atoms with Gasteiger partial charge in [0.15, 0.2) is 16.7 Å². The predicted octanol–water partition coefficient (Wildman–Crippen LogP) is 18.0. The second-order valence-electron chi connectivity index (χ2n) is 17.6. The van der Waals surface area contributed by atoms with Crippen molar-refractivity contribution in [1.82, 2.24) is 15.0 Å². The Bertz CT molecular complexity index is 3650. The maximum Gasteiger partial charge on any atom is 0.349 e. The molecule has 426 valence electrons. The molecule has 3 aromatic heterocycles. The number of nitrogens with zero attached hydrogens (tertiary/aromatic N) is 3. The first-order valence-corrected chi connectivity index (χ1v) is 25.8. The maximum atomic E-state index is 11.8. The summed E-state index contributed by atoms with van der Waals surface area (Å²) in [6.45, 7) is 0. The highest BCUT2D eigenvalue weighted by atomic mass is 35.5. The van der Waals surface area contributed by atoms with Crippen LogP contribution in [0.5, 0.6) is 17.2 Å². The Morgan fingerprint density at radius 1 is 0.345 bits per heavy atom. The van der Waals surface area contributed by atoms with Gasteiger partial charge in [-0.1, -0.05) is 184 Å². The van der Waals surface area contributed by atoms with Crippen LogP contribution >= 0.6 is 34.8 Å². The van der Waals surface area contributed by atoms with Gasteiger partial charge < -0.3 is 42.8 Å². The van der Waals surface area contributed by atoms with Crippen LogP contribution < -0.4 is 14.2 Å². The number of oxazole rings is 3. The molecule has 0 aliphatic rings. The molecule has 3 N–H and O–H groups in total. The molecule has 0 saturated heterocycles. The standard InChI is InChI=1S/3C21H14ClNO4.3CH4/c3*22-14-10-11-17(26-19(21(24)25)13-6-2-1-3-7-13)15(12-14)20-23-16-8-4-5-9-18(16)27-20;;;/h3*1-12,19H,(H,24,25);3*1H4. The van der Waals surface area contributed by atoms with E-state index in [1.165, 1.54) is 0 Å². The number of aliphatic carboxylic acids is 3. The summed E-state index contributed by atoms with van der Waals surface area (Å²) >= 11 is 18.4. The Kier molecular flexibility index (Phi) is 20.7. The molecule has 0 aliphatic heterocycles. The summed E-state index contributed by atoms with van der Waals surface area (Å²) in [6, 6.07) is 62.9. The first-order chi connectivity index (χ1) is 39.3. The highest BCUT2D eigenvalue weighted by Gasteiger charge is 2.28. The van der Waals surface area contributed by atoms with Gasteiger partial charge >= 0.3 is 17.9 Å². The van der Waals surface area contributed by atoms with Crippen molar-refractivity contribution < 1.29 is 57.2 Å². The number of carbonyl (C=O) groups is 3. The molecule has 0 fully saturated rings. The number of benzene rings is 9. The van der Waals surface area contributed by atoms with E-state index in [1.54, 1.807) is 146 Å². The van der Waals surface area contributed by atoms with Crippen molar-refractivity contribution in [3.8, 4) is 51.6 Å². The number of para-hydroxylation sites is 6. The molecule has 0 amide bonds. The molecule has 84 heavy (non-hydrogen) atoms. The van der Waals surface area contributed by atoms with Crippen LogP contribution in [-0.2, 0) is 14.4 Å². The largest absolute Gasteiger partial charge is 0.478 e. The summed E-state index contributed by atoms with van der Waals surface area (Å²) in [5.74, 6) is -1.40. The van der Waals surface area contributed by atoms with E-state index in [0.29, 0.717) is 117 Å². The van der Waals surface area contributed by atoms with Gasteiger partial charge in [0.2, 0.25) is 36.0 Å². The van der Waals surface area contributed by atoms with Crippen LogP contribution in [0.3, 0.4) is 0 Å². The summed E-state index contributed by atoms with van der Waals surface area (Å²) < 4.78 is 34.9. The number of carboxylic acid groups (broad SMARTS) is 3. The zero-order valence-electron chi connectivity index (χ0n) is 42.0. The summed E-state index contributed by atoms with van der Waals surface area (Å²) in [5.41, 5.74) is 6.99. The van der Waals surface area contributed by atoms with Crippen molar-refractivity contribution in [3.05, 3.63) is 250 Å². The van der Waals surface area contributed by atoms with E-state index in [4.69, 9.17) is 62.3 Å². The molecule has 12 rings (SSSR count). The van der Waals surface area contributed by atoms with Gasteiger partial charge in [-0.2, -0.15) is 0 Å². The maximum absolute atomic E-state index is 11.8. The molecule has 9 aromatic carbocycles. The van der Waals surface area contributed by atoms with Crippen LogP contribution in [0.15, 0.2) is 232 Å². The molecule has 3 heterocycles. The topological polar surface area (TPSA) is 218 Å². The van der Waals surface area contributed by atoms with Crippen molar-refractivity contribution in [1.29, 1.82) is 0 Å². The zero-order valence-corrected chi connectivity index (χ0v) is 44.3. The Hall–Kier alpha value is -9.93. The second-order valence-corrected chi connectivity index (χ2v) is 18.9. The second kappa shape index (κ2) is 28.2. The van der Waals surface area contributed by atoms with Gasteiger partial charge in [-0.15, -0.1) is 0 Å². The molecule has 0 spiro atoms. The van der Waals surface area contributed by atoms with Crippen molar-refractivity contribution in [2.24, 2.45) is 0 Å². The fourth-order valence-corrected chi connectivity index (χ4v) is 8.84. The van der Waals surface area contributed by atoms with E-state index < -0.39 is 36.2 Å². The average molecular weight is 1190 g/mol. The lowest BCUT2D eigenvalue weighted by atomic mass is 10.1. The molecule has 15 nitrogen and oxygen atoms in total. The third-order valence-electron chi connectivity index (χ3n) is 12.1. The van der Waals surface area contributed by atoms with Gasteiger partial charge in [-0.25, -0.2) is 29.3 Å². The van der Waals surface area contributed by atoms with Crippen LogP contribution in [0.4, 0.5) is 0 Å². The number of hydrogen-bond donors (Lipinski definition) is 3. The van der Waals surface area contributed by atoms with Gasteiger partial charge in [-0.3, -0.25) is 0 Å². The first-order valence-electron chi connectivity index (χ1n) is 24.6. The molecular weight excluding hydrogens is 1130 g/mol. The van der Waals surface area contributed by atoms with Crippen molar-refractivity contribution >= 4 is 86.0 Å². The number of rotatable bonds is 15. The molecule has 0 bridgehead atoms. The van der Waals surface area contributed by atoms with Crippen LogP contribution in [0.1, 0.15) is 57.3 Å². The predicted molar refractivity (Wildman–Crippen MR) is 326 cm³/mol. The minimum Gasteiger partial charge on any atom is -0.478 e. The van der Waals surface area contributed by atoms with Gasteiger partial charge in [0, 0.05) is 31.8 Å². The third-order valence-corrected chi connectivity index (χ3v) is 12.8. The van der Waals surface area contributed by atoms with E-state index in [1.807, 2.05) is 72.8 Å². The van der Waals surface area contributed by atoms with E-state index in [-0.39, 0.29) is 22.3 Å². The smallest absolute Gasteiger partial charge is 0.349 e. The van der Waals surface area contributed by atoms with E-state index >= 15 is 0 Å². The number of halogens is 3. The minimum atomic E-state index is -1.17. The van der Waals surface area contributed by atoms with Gasteiger partial charge in [0.05, 0.1) is 16.7 Å².